The van der Waals surface area contributed by atoms with Gasteiger partial charge in [-0.1, -0.05) is 15.9 Å². The van der Waals surface area contributed by atoms with Crippen LogP contribution in [0.2, 0.25) is 0 Å². The van der Waals surface area contributed by atoms with Crippen molar-refractivity contribution in [2.75, 3.05) is 50.5 Å². The van der Waals surface area contributed by atoms with Gasteiger partial charge in [0, 0.05) is 68.6 Å². The van der Waals surface area contributed by atoms with E-state index in [4.69, 9.17) is 4.74 Å². The normalized spacial score (nSPS) is 21.4. The SMILES string of the molecule is CNc1cncc(C(=O)N2CCC(NC(=C(/C)C(=O)N3CCOC(C)C3)/C(=C\CBr)[N+](=O)[O-])C2)c1. The summed E-state index contributed by atoms with van der Waals surface area (Å²) in [5.74, 6) is -0.434. The van der Waals surface area contributed by atoms with Crippen LogP contribution in [0.15, 0.2) is 41.5 Å². The van der Waals surface area contributed by atoms with Crippen molar-refractivity contribution in [2.45, 2.75) is 32.4 Å². The van der Waals surface area contributed by atoms with Gasteiger partial charge in [0.05, 0.1) is 28.9 Å². The lowest BCUT2D eigenvalue weighted by Gasteiger charge is -2.32. The second kappa shape index (κ2) is 12.1. The molecule has 0 spiro atoms. The lowest BCUT2D eigenvalue weighted by atomic mass is 10.1. The summed E-state index contributed by atoms with van der Waals surface area (Å²) in [6.07, 6.45) is 5.06. The molecule has 3 heterocycles. The molecule has 0 bridgehead atoms. The molecule has 0 aliphatic carbocycles. The van der Waals surface area contributed by atoms with Gasteiger partial charge in [0.15, 0.2) is 0 Å². The molecule has 35 heavy (non-hydrogen) atoms. The van der Waals surface area contributed by atoms with Gasteiger partial charge in [-0.25, -0.2) is 0 Å². The molecule has 2 atom stereocenters. The molecule has 12 heteroatoms. The number of nitro groups is 1. The van der Waals surface area contributed by atoms with Crippen molar-refractivity contribution in [1.82, 2.24) is 20.1 Å². The van der Waals surface area contributed by atoms with Gasteiger partial charge in [0.25, 0.3) is 17.5 Å². The van der Waals surface area contributed by atoms with Crippen LogP contribution >= 0.6 is 15.9 Å². The molecule has 3 rings (SSSR count). The molecule has 2 aliphatic rings. The summed E-state index contributed by atoms with van der Waals surface area (Å²) in [6.45, 7) is 5.59. The Morgan fingerprint density at radius 1 is 1.31 bits per heavy atom. The molecule has 2 unspecified atom stereocenters. The molecule has 0 radical (unpaired) electrons. The number of rotatable bonds is 8. The van der Waals surface area contributed by atoms with Gasteiger partial charge in [-0.05, 0) is 26.3 Å². The predicted octanol–water partition coefficient (Wildman–Crippen LogP) is 2.00. The molecule has 1 aromatic heterocycles. The Balaban J connectivity index is 1.82. The second-order valence-corrected chi connectivity index (χ2v) is 9.17. The van der Waals surface area contributed by atoms with Crippen LogP contribution in [0, 0.1) is 10.1 Å². The minimum absolute atomic E-state index is 0.102. The quantitative estimate of drug-likeness (QED) is 0.165. The highest BCUT2D eigenvalue weighted by atomic mass is 79.9. The molecular weight excluding hydrogens is 520 g/mol. The van der Waals surface area contributed by atoms with Gasteiger partial charge >= 0.3 is 0 Å². The van der Waals surface area contributed by atoms with Crippen molar-refractivity contribution in [1.29, 1.82) is 0 Å². The summed E-state index contributed by atoms with van der Waals surface area (Å²) in [5, 5.41) is 18.3. The predicted molar refractivity (Wildman–Crippen MR) is 135 cm³/mol. The van der Waals surface area contributed by atoms with Crippen LogP contribution in [-0.4, -0.2) is 88.8 Å². The smallest absolute Gasteiger partial charge is 0.289 e. The number of hydrogen-bond donors (Lipinski definition) is 2. The van der Waals surface area contributed by atoms with Gasteiger partial charge in [0.1, 0.15) is 5.70 Å². The molecule has 0 aromatic carbocycles. The number of nitrogens with zero attached hydrogens (tertiary/aromatic N) is 4. The van der Waals surface area contributed by atoms with E-state index in [9.17, 15) is 19.7 Å². The van der Waals surface area contributed by atoms with Crippen molar-refractivity contribution < 1.29 is 19.2 Å². The number of anilines is 1. The third-order valence-corrected chi connectivity index (χ3v) is 6.37. The number of hydrogen-bond acceptors (Lipinski definition) is 8. The number of halogens is 1. The molecular formula is C23H31BrN6O5. The monoisotopic (exact) mass is 550 g/mol. The van der Waals surface area contributed by atoms with E-state index >= 15 is 0 Å². The zero-order valence-corrected chi connectivity index (χ0v) is 21.7. The molecule has 2 N–H and O–H groups in total. The Labute approximate surface area is 212 Å². The van der Waals surface area contributed by atoms with Crippen LogP contribution in [0.25, 0.3) is 0 Å². The fraction of sp³-hybridized carbons (Fsp3) is 0.522. The Kier molecular flexibility index (Phi) is 9.21. The molecule has 1 aromatic rings. The maximum absolute atomic E-state index is 13.2. The standard InChI is InChI=1S/C23H31BrN6O5/c1-15-13-29(8-9-35-15)22(31)16(2)21(20(4-6-24)30(33)34)27-18-5-7-28(14-18)23(32)17-10-19(25-3)12-26-11-17/h4,10-12,15,18,25,27H,5-9,13-14H2,1-3H3/b20-4+,21-16-. The first-order valence-corrected chi connectivity index (χ1v) is 12.6. The van der Waals surface area contributed by atoms with Crippen LogP contribution in [0.4, 0.5) is 5.69 Å². The van der Waals surface area contributed by atoms with Crippen LogP contribution in [0.5, 0.6) is 0 Å². The van der Waals surface area contributed by atoms with Gasteiger partial charge in [-0.3, -0.25) is 24.7 Å². The van der Waals surface area contributed by atoms with Crippen molar-refractivity contribution in [2.24, 2.45) is 0 Å². The van der Waals surface area contributed by atoms with E-state index in [0.717, 1.165) is 5.69 Å². The number of aromatic nitrogens is 1. The lowest BCUT2D eigenvalue weighted by Crippen LogP contribution is -2.46. The number of morpholine rings is 1. The highest BCUT2D eigenvalue weighted by molar-refractivity contribution is 9.09. The number of nitrogens with one attached hydrogen (secondary N) is 2. The Morgan fingerprint density at radius 2 is 2.09 bits per heavy atom. The van der Waals surface area contributed by atoms with Crippen molar-refractivity contribution >= 4 is 33.4 Å². The van der Waals surface area contributed by atoms with Crippen LogP contribution in [-0.2, 0) is 9.53 Å². The van der Waals surface area contributed by atoms with E-state index in [1.165, 1.54) is 12.3 Å². The summed E-state index contributed by atoms with van der Waals surface area (Å²) in [6, 6.07) is 1.48. The fourth-order valence-corrected chi connectivity index (χ4v) is 4.51. The van der Waals surface area contributed by atoms with Crippen LogP contribution in [0.3, 0.4) is 0 Å². The number of carbonyl (C=O) groups is 2. The van der Waals surface area contributed by atoms with E-state index in [2.05, 4.69) is 31.5 Å². The first kappa shape index (κ1) is 26.6. The van der Waals surface area contributed by atoms with E-state index < -0.39 is 4.92 Å². The third-order valence-electron chi connectivity index (χ3n) is 6.05. The van der Waals surface area contributed by atoms with Gasteiger partial charge in [-0.2, -0.15) is 0 Å². The molecule has 190 valence electrons. The number of allylic oxidation sites excluding steroid dienone is 1. The number of alkyl halides is 1. The Bertz CT molecular complexity index is 1030. The van der Waals surface area contributed by atoms with Gasteiger partial charge < -0.3 is 25.2 Å². The number of amides is 2. The summed E-state index contributed by atoms with van der Waals surface area (Å²) >= 11 is 3.23. The van der Waals surface area contributed by atoms with E-state index in [0.29, 0.717) is 44.8 Å². The Hall–Kier alpha value is -2.99. The summed E-state index contributed by atoms with van der Waals surface area (Å²) in [7, 11) is 1.75. The molecule has 2 saturated heterocycles. The van der Waals surface area contributed by atoms with Crippen LogP contribution in [0.1, 0.15) is 30.6 Å². The highest BCUT2D eigenvalue weighted by Gasteiger charge is 2.33. The van der Waals surface area contributed by atoms with Gasteiger partial charge in [-0.15, -0.1) is 0 Å². The largest absolute Gasteiger partial charge is 0.387 e. The molecule has 2 aliphatic heterocycles. The molecule has 11 nitrogen and oxygen atoms in total. The maximum Gasteiger partial charge on any atom is 0.289 e. The molecule has 2 amide bonds. The number of carbonyl (C=O) groups excluding carboxylic acids is 2. The van der Waals surface area contributed by atoms with Crippen molar-refractivity contribution in [3.05, 3.63) is 57.2 Å². The molecule has 0 saturated carbocycles. The minimum Gasteiger partial charge on any atom is -0.387 e. The van der Waals surface area contributed by atoms with Gasteiger partial charge in [0.2, 0.25) is 0 Å². The first-order chi connectivity index (χ1) is 16.7. The van der Waals surface area contributed by atoms with Crippen molar-refractivity contribution in [3.8, 4) is 0 Å². The third kappa shape index (κ3) is 6.57. The maximum atomic E-state index is 13.2. The fourth-order valence-electron chi connectivity index (χ4n) is 4.21. The van der Waals surface area contributed by atoms with Crippen molar-refractivity contribution in [3.63, 3.8) is 0 Å². The average Bonchev–Trinajstić information content (AvgIpc) is 3.33. The van der Waals surface area contributed by atoms with E-state index in [1.807, 2.05) is 6.92 Å². The topological polar surface area (TPSA) is 130 Å². The zero-order valence-electron chi connectivity index (χ0n) is 20.1. The zero-order chi connectivity index (χ0) is 25.5. The second-order valence-electron chi connectivity index (χ2n) is 8.53. The lowest BCUT2D eigenvalue weighted by molar-refractivity contribution is -0.421. The number of pyridine rings is 1. The minimum atomic E-state index is -0.491. The number of likely N-dealkylation sites (tertiary alicyclic amines) is 1. The Morgan fingerprint density at radius 3 is 2.74 bits per heavy atom. The first-order valence-electron chi connectivity index (χ1n) is 11.5. The average molecular weight is 551 g/mol. The molecule has 2 fully saturated rings. The summed E-state index contributed by atoms with van der Waals surface area (Å²) in [5.41, 5.74) is 1.46. The van der Waals surface area contributed by atoms with E-state index in [-0.39, 0.29) is 46.3 Å². The summed E-state index contributed by atoms with van der Waals surface area (Å²) in [4.78, 5) is 45.1. The van der Waals surface area contributed by atoms with E-state index in [1.54, 1.807) is 36.0 Å². The number of ether oxygens (including phenoxy) is 1. The highest BCUT2D eigenvalue weighted by Crippen LogP contribution is 2.22. The summed E-state index contributed by atoms with van der Waals surface area (Å²) < 4.78 is 5.52. The van der Waals surface area contributed by atoms with Crippen LogP contribution < -0.4 is 10.6 Å².